The molecule has 1 aliphatic rings. The van der Waals surface area contributed by atoms with Crippen LogP contribution in [0.5, 0.6) is 0 Å². The van der Waals surface area contributed by atoms with Gasteiger partial charge in [0.15, 0.2) is 5.82 Å². The number of hydrogen-bond donors (Lipinski definition) is 2. The Hall–Kier alpha value is -2.62. The van der Waals surface area contributed by atoms with Crippen molar-refractivity contribution in [3.05, 3.63) is 59.5 Å². The maximum absolute atomic E-state index is 12.0. The summed E-state index contributed by atoms with van der Waals surface area (Å²) in [4.78, 5) is 8.64. The lowest BCUT2D eigenvalue weighted by Crippen LogP contribution is -2.26. The summed E-state index contributed by atoms with van der Waals surface area (Å²) in [6.07, 6.45) is 11.6. The maximum atomic E-state index is 12.0. The third-order valence-corrected chi connectivity index (χ3v) is 7.11. The van der Waals surface area contributed by atoms with Crippen LogP contribution < -0.4 is 15.4 Å². The predicted molar refractivity (Wildman–Crippen MR) is 145 cm³/mol. The summed E-state index contributed by atoms with van der Waals surface area (Å²) in [6, 6.07) is 1.39. The highest BCUT2D eigenvalue weighted by molar-refractivity contribution is 7.92. The van der Waals surface area contributed by atoms with Crippen molar-refractivity contribution in [1.29, 1.82) is 0 Å². The van der Waals surface area contributed by atoms with Crippen LogP contribution in [0.1, 0.15) is 45.9 Å². The van der Waals surface area contributed by atoms with Gasteiger partial charge in [-0.05, 0) is 45.1 Å². The molecule has 1 fully saturated rings. The largest absolute Gasteiger partial charge is 0.439 e. The van der Waals surface area contributed by atoms with Crippen molar-refractivity contribution < 1.29 is 12.8 Å². The SMILES string of the molecule is C=C/C=C(C)\C=C/C.CC(N)c1cnc(-c2cc(NCC3CC3C)nc(N(C)S(C)(=O)=O)c2Cl)o1. The maximum Gasteiger partial charge on any atom is 0.233 e. The third-order valence-electron chi connectivity index (χ3n) is 5.57. The number of anilines is 2. The van der Waals surface area contributed by atoms with E-state index in [4.69, 9.17) is 21.8 Å². The van der Waals surface area contributed by atoms with Crippen LogP contribution in [-0.2, 0) is 10.0 Å². The van der Waals surface area contributed by atoms with Crippen molar-refractivity contribution in [2.75, 3.05) is 29.5 Å². The molecule has 0 aromatic carbocycles. The summed E-state index contributed by atoms with van der Waals surface area (Å²) >= 11 is 6.48. The van der Waals surface area contributed by atoms with Crippen molar-refractivity contribution in [1.82, 2.24) is 9.97 Å². The number of sulfonamides is 1. The summed E-state index contributed by atoms with van der Waals surface area (Å²) in [5.41, 5.74) is 7.52. The van der Waals surface area contributed by atoms with Crippen LogP contribution in [0.2, 0.25) is 5.02 Å². The molecule has 35 heavy (non-hydrogen) atoms. The van der Waals surface area contributed by atoms with Crippen LogP contribution in [0.4, 0.5) is 11.6 Å². The first kappa shape index (κ1) is 28.6. The van der Waals surface area contributed by atoms with Gasteiger partial charge in [-0.25, -0.2) is 18.4 Å². The molecular weight excluding hydrogens is 486 g/mol. The van der Waals surface area contributed by atoms with Crippen molar-refractivity contribution in [3.8, 4) is 11.5 Å². The zero-order valence-corrected chi connectivity index (χ0v) is 22.8. The van der Waals surface area contributed by atoms with E-state index in [1.807, 2.05) is 32.1 Å². The average molecular weight is 522 g/mol. The molecule has 1 aliphatic carbocycles. The Bertz CT molecular complexity index is 1190. The normalized spacial score (nSPS) is 18.6. The van der Waals surface area contributed by atoms with Gasteiger partial charge in [0, 0.05) is 13.6 Å². The minimum absolute atomic E-state index is 0.114. The second kappa shape index (κ2) is 12.4. The number of nitrogens with zero attached hydrogens (tertiary/aromatic N) is 3. The second-order valence-corrected chi connectivity index (χ2v) is 11.2. The first-order chi connectivity index (χ1) is 16.4. The smallest absolute Gasteiger partial charge is 0.233 e. The number of rotatable bonds is 9. The molecule has 1 saturated carbocycles. The standard InChI is InChI=1S/C17H24ClN5O3S.C8H12/c1-9-5-11(9)7-20-14-6-12(17-21-8-13(26-17)10(2)19)15(18)16(22-14)23(3)27(4,24)25;1-4-6-8(3)7-5-2/h6,8-11H,5,7,19H2,1-4H3,(H,20,22);4-7H,1H2,2-3H3/b;7-5-,8-6-. The van der Waals surface area contributed by atoms with Crippen LogP contribution in [-0.4, -0.2) is 38.2 Å². The zero-order valence-electron chi connectivity index (χ0n) is 21.2. The molecule has 0 bridgehead atoms. The van der Waals surface area contributed by atoms with E-state index in [9.17, 15) is 8.42 Å². The highest BCUT2D eigenvalue weighted by atomic mass is 35.5. The topological polar surface area (TPSA) is 114 Å². The number of hydrogen-bond acceptors (Lipinski definition) is 7. The lowest BCUT2D eigenvalue weighted by molar-refractivity contribution is 0.488. The Morgan fingerprint density at radius 2 is 2.14 bits per heavy atom. The quantitative estimate of drug-likeness (QED) is 0.414. The van der Waals surface area contributed by atoms with Gasteiger partial charge < -0.3 is 15.5 Å². The molecule has 3 atom stereocenters. The van der Waals surface area contributed by atoms with Crippen LogP contribution in [0.25, 0.3) is 11.5 Å². The molecule has 2 aromatic heterocycles. The van der Waals surface area contributed by atoms with E-state index in [1.54, 1.807) is 19.1 Å². The minimum atomic E-state index is -3.54. The van der Waals surface area contributed by atoms with Gasteiger partial charge in [0.25, 0.3) is 0 Å². The number of nitrogens with one attached hydrogen (secondary N) is 1. The molecule has 192 valence electrons. The van der Waals surface area contributed by atoms with Crippen molar-refractivity contribution in [2.24, 2.45) is 17.6 Å². The minimum Gasteiger partial charge on any atom is -0.439 e. The molecule has 10 heteroatoms. The van der Waals surface area contributed by atoms with Gasteiger partial charge in [-0.15, -0.1) is 0 Å². The molecule has 3 N–H and O–H groups in total. The van der Waals surface area contributed by atoms with Gasteiger partial charge in [0.1, 0.15) is 11.6 Å². The summed E-state index contributed by atoms with van der Waals surface area (Å²) < 4.78 is 30.8. The van der Waals surface area contributed by atoms with E-state index in [1.165, 1.54) is 25.2 Å². The van der Waals surface area contributed by atoms with Crippen LogP contribution >= 0.6 is 11.6 Å². The summed E-state index contributed by atoms with van der Waals surface area (Å²) in [5.74, 6) is 2.68. The van der Waals surface area contributed by atoms with E-state index >= 15 is 0 Å². The number of aromatic nitrogens is 2. The number of allylic oxidation sites excluding steroid dienone is 5. The molecule has 3 rings (SSSR count). The predicted octanol–water partition coefficient (Wildman–Crippen LogP) is 5.57. The molecule has 0 aliphatic heterocycles. The second-order valence-electron chi connectivity index (χ2n) is 8.78. The highest BCUT2D eigenvalue weighted by Crippen LogP contribution is 2.39. The van der Waals surface area contributed by atoms with E-state index in [0.29, 0.717) is 29.0 Å². The third kappa shape index (κ3) is 8.23. The molecule has 0 spiro atoms. The zero-order chi connectivity index (χ0) is 26.3. The summed E-state index contributed by atoms with van der Waals surface area (Å²) in [5, 5.41) is 3.41. The summed E-state index contributed by atoms with van der Waals surface area (Å²) in [6.45, 7) is 12.3. The van der Waals surface area contributed by atoms with Gasteiger partial charge >= 0.3 is 0 Å². The number of oxazole rings is 1. The Morgan fingerprint density at radius 1 is 1.49 bits per heavy atom. The molecular formula is C25H36ClN5O3S. The lowest BCUT2D eigenvalue weighted by Gasteiger charge is -2.19. The number of pyridine rings is 1. The van der Waals surface area contributed by atoms with Crippen molar-refractivity contribution >= 4 is 33.3 Å². The van der Waals surface area contributed by atoms with E-state index in [0.717, 1.165) is 17.1 Å². The molecule has 0 amide bonds. The fraction of sp³-hybridized carbons (Fsp3) is 0.440. The fourth-order valence-corrected chi connectivity index (χ4v) is 3.97. The first-order valence-electron chi connectivity index (χ1n) is 11.4. The monoisotopic (exact) mass is 521 g/mol. The molecule has 3 unspecified atom stereocenters. The molecule has 2 heterocycles. The van der Waals surface area contributed by atoms with Crippen molar-refractivity contribution in [2.45, 2.75) is 40.2 Å². The number of nitrogens with two attached hydrogens (primary N) is 1. The Balaban J connectivity index is 0.000000466. The van der Waals surface area contributed by atoms with Gasteiger partial charge in [-0.1, -0.05) is 55.0 Å². The van der Waals surface area contributed by atoms with Crippen molar-refractivity contribution in [3.63, 3.8) is 0 Å². The van der Waals surface area contributed by atoms with E-state index in [2.05, 4.69) is 28.8 Å². The van der Waals surface area contributed by atoms with Crippen LogP contribution in [0.15, 0.2) is 53.1 Å². The fourth-order valence-electron chi connectivity index (χ4n) is 3.17. The van der Waals surface area contributed by atoms with Gasteiger partial charge in [-0.3, -0.25) is 4.31 Å². The van der Waals surface area contributed by atoms with Gasteiger partial charge in [-0.2, -0.15) is 0 Å². The Kier molecular flexibility index (Phi) is 10.1. The number of halogens is 1. The Morgan fingerprint density at radius 3 is 2.63 bits per heavy atom. The molecule has 0 radical (unpaired) electrons. The molecule has 0 saturated heterocycles. The highest BCUT2D eigenvalue weighted by Gasteiger charge is 2.32. The first-order valence-corrected chi connectivity index (χ1v) is 13.6. The molecule has 8 nitrogen and oxygen atoms in total. The van der Waals surface area contributed by atoms with Crippen LogP contribution in [0, 0.1) is 11.8 Å². The van der Waals surface area contributed by atoms with E-state index in [-0.39, 0.29) is 22.8 Å². The van der Waals surface area contributed by atoms with E-state index < -0.39 is 10.0 Å². The van der Waals surface area contributed by atoms with Crippen LogP contribution in [0.3, 0.4) is 0 Å². The molecule has 2 aromatic rings. The lowest BCUT2D eigenvalue weighted by atomic mass is 10.2. The summed E-state index contributed by atoms with van der Waals surface area (Å²) in [7, 11) is -2.14. The van der Waals surface area contributed by atoms with Gasteiger partial charge in [0.05, 0.1) is 29.1 Å². The Labute approximate surface area is 214 Å². The average Bonchev–Trinajstić information content (AvgIpc) is 3.26. The van der Waals surface area contributed by atoms with Gasteiger partial charge in [0.2, 0.25) is 15.9 Å².